The summed E-state index contributed by atoms with van der Waals surface area (Å²) in [7, 11) is 0. The molecule has 0 radical (unpaired) electrons. The first-order valence-electron chi connectivity index (χ1n) is 9.66. The molecule has 1 aliphatic rings. The number of hydrogen-bond acceptors (Lipinski definition) is 5. The Labute approximate surface area is 170 Å². The molecule has 0 unspecified atom stereocenters. The fourth-order valence-electron chi connectivity index (χ4n) is 3.66. The van der Waals surface area contributed by atoms with E-state index in [1.54, 1.807) is 20.8 Å². The van der Waals surface area contributed by atoms with Crippen LogP contribution in [-0.2, 0) is 19.1 Å². The van der Waals surface area contributed by atoms with Crippen LogP contribution in [0.2, 0.25) is 0 Å². The van der Waals surface area contributed by atoms with E-state index in [4.69, 9.17) is 4.74 Å². The third-order valence-corrected chi connectivity index (χ3v) is 6.07. The van der Waals surface area contributed by atoms with E-state index in [2.05, 4.69) is 0 Å². The van der Waals surface area contributed by atoms with E-state index in [9.17, 15) is 14.4 Å². The number of Topliss-reactive ketones (excluding diaryl/α,β-unsaturated/α-hetero) is 1. The van der Waals surface area contributed by atoms with Crippen LogP contribution < -0.4 is 0 Å². The van der Waals surface area contributed by atoms with Crippen molar-refractivity contribution in [2.45, 2.75) is 63.4 Å². The maximum Gasteiger partial charge on any atom is 0.320 e. The lowest BCUT2D eigenvalue weighted by Gasteiger charge is -2.29. The predicted octanol–water partition coefficient (Wildman–Crippen LogP) is 5.32. The molecule has 0 aromatic heterocycles. The van der Waals surface area contributed by atoms with Gasteiger partial charge in [-0.1, -0.05) is 48.2 Å². The molecule has 0 aliphatic heterocycles. The largest absolute Gasteiger partial charge is 0.459 e. The molecule has 2 aromatic carbocycles. The van der Waals surface area contributed by atoms with Crippen molar-refractivity contribution in [2.24, 2.45) is 5.41 Å². The van der Waals surface area contributed by atoms with Gasteiger partial charge in [0.1, 0.15) is 16.8 Å². The van der Waals surface area contributed by atoms with E-state index in [1.807, 2.05) is 42.5 Å². The van der Waals surface area contributed by atoms with Crippen LogP contribution in [0.1, 0.15) is 52.9 Å². The Balaban J connectivity index is 1.72. The van der Waals surface area contributed by atoms with Crippen LogP contribution in [0, 0.1) is 5.41 Å². The van der Waals surface area contributed by atoms with Crippen molar-refractivity contribution in [2.75, 3.05) is 0 Å². The first-order valence-corrected chi connectivity index (χ1v) is 10.5. The van der Waals surface area contributed by atoms with Crippen molar-refractivity contribution >= 4 is 39.4 Å². The Kier molecular flexibility index (Phi) is 5.94. The van der Waals surface area contributed by atoms with Crippen molar-refractivity contribution in [1.29, 1.82) is 0 Å². The second kappa shape index (κ2) is 8.08. The van der Waals surface area contributed by atoms with Crippen LogP contribution in [0.25, 0.3) is 10.8 Å². The highest BCUT2D eigenvalue weighted by molar-refractivity contribution is 8.13. The van der Waals surface area contributed by atoms with Gasteiger partial charge in [-0.2, -0.15) is 0 Å². The van der Waals surface area contributed by atoms with Crippen molar-refractivity contribution in [3.8, 4) is 0 Å². The van der Waals surface area contributed by atoms with E-state index in [1.165, 1.54) is 11.8 Å². The summed E-state index contributed by atoms with van der Waals surface area (Å²) in [5, 5.41) is 2.07. The Morgan fingerprint density at radius 2 is 1.82 bits per heavy atom. The summed E-state index contributed by atoms with van der Waals surface area (Å²) in [4.78, 5) is 38.9. The quantitative estimate of drug-likeness (QED) is 0.387. The summed E-state index contributed by atoms with van der Waals surface area (Å²) in [6.07, 6.45) is 1.90. The molecule has 0 bridgehead atoms. The molecule has 0 saturated heterocycles. The Morgan fingerprint density at radius 3 is 2.50 bits per heavy atom. The molecule has 3 rings (SSSR count). The predicted molar refractivity (Wildman–Crippen MR) is 111 cm³/mol. The van der Waals surface area contributed by atoms with Gasteiger partial charge in [0.05, 0.1) is 0 Å². The van der Waals surface area contributed by atoms with Gasteiger partial charge < -0.3 is 4.74 Å². The molecule has 148 valence electrons. The van der Waals surface area contributed by atoms with Gasteiger partial charge in [0, 0.05) is 17.7 Å². The van der Waals surface area contributed by atoms with E-state index in [-0.39, 0.29) is 23.7 Å². The SMILES string of the molecule is CC(C)(C)OC(=O)[C@@]1(CCC(=O)Sc2cccc3ccccc23)CCCC1=O. The van der Waals surface area contributed by atoms with Crippen LogP contribution in [0.4, 0.5) is 0 Å². The molecule has 4 nitrogen and oxygen atoms in total. The first kappa shape index (κ1) is 20.6. The van der Waals surface area contributed by atoms with Gasteiger partial charge in [0.2, 0.25) is 0 Å². The van der Waals surface area contributed by atoms with E-state index in [0.29, 0.717) is 19.3 Å². The van der Waals surface area contributed by atoms with Gasteiger partial charge in [-0.15, -0.1) is 0 Å². The van der Waals surface area contributed by atoms with Crippen LogP contribution in [-0.4, -0.2) is 22.5 Å². The number of benzene rings is 2. The molecule has 1 atom stereocenters. The minimum atomic E-state index is -1.16. The van der Waals surface area contributed by atoms with Gasteiger partial charge in [-0.3, -0.25) is 14.4 Å². The molecule has 0 heterocycles. The zero-order valence-electron chi connectivity index (χ0n) is 16.6. The fourth-order valence-corrected chi connectivity index (χ4v) is 4.55. The van der Waals surface area contributed by atoms with E-state index < -0.39 is 17.0 Å². The lowest BCUT2D eigenvalue weighted by atomic mass is 9.80. The summed E-state index contributed by atoms with van der Waals surface area (Å²) >= 11 is 1.18. The number of rotatable bonds is 5. The average molecular weight is 399 g/mol. The number of carbonyl (C=O) groups is 3. The zero-order valence-corrected chi connectivity index (χ0v) is 17.4. The van der Waals surface area contributed by atoms with Gasteiger partial charge >= 0.3 is 5.97 Å². The van der Waals surface area contributed by atoms with Crippen molar-refractivity contribution in [1.82, 2.24) is 0 Å². The smallest absolute Gasteiger partial charge is 0.320 e. The zero-order chi connectivity index (χ0) is 20.4. The fraction of sp³-hybridized carbons (Fsp3) is 0.435. The number of ketones is 1. The number of hydrogen-bond donors (Lipinski definition) is 0. The third kappa shape index (κ3) is 4.46. The minimum Gasteiger partial charge on any atom is -0.459 e. The maximum absolute atomic E-state index is 12.8. The Hall–Kier alpha value is -2.14. The van der Waals surface area contributed by atoms with Gasteiger partial charge in [-0.05, 0) is 56.9 Å². The highest BCUT2D eigenvalue weighted by atomic mass is 32.2. The molecule has 0 spiro atoms. The van der Waals surface area contributed by atoms with Crippen molar-refractivity contribution in [3.05, 3.63) is 42.5 Å². The Bertz CT molecular complexity index is 907. The molecule has 0 N–H and O–H groups in total. The second-order valence-electron chi connectivity index (χ2n) is 8.31. The minimum absolute atomic E-state index is 0.0426. The highest BCUT2D eigenvalue weighted by Crippen LogP contribution is 2.42. The summed E-state index contributed by atoms with van der Waals surface area (Å²) < 4.78 is 5.53. The molecular weight excluding hydrogens is 372 g/mol. The van der Waals surface area contributed by atoms with Crippen LogP contribution >= 0.6 is 11.8 Å². The van der Waals surface area contributed by atoms with Crippen molar-refractivity contribution in [3.63, 3.8) is 0 Å². The lowest BCUT2D eigenvalue weighted by Crippen LogP contribution is -2.41. The maximum atomic E-state index is 12.8. The second-order valence-corrected chi connectivity index (χ2v) is 9.41. The molecule has 28 heavy (non-hydrogen) atoms. The highest BCUT2D eigenvalue weighted by Gasteiger charge is 2.50. The first-order chi connectivity index (χ1) is 13.2. The standard InChI is InChI=1S/C23H26O4S/c1-22(2,3)27-21(26)23(14-7-12-19(23)24)15-13-20(25)28-18-11-6-9-16-8-4-5-10-17(16)18/h4-6,8-11H,7,12-15H2,1-3H3/t23-/m1/s1. The number of fused-ring (bicyclic) bond motifs is 1. The lowest BCUT2D eigenvalue weighted by molar-refractivity contribution is -0.169. The van der Waals surface area contributed by atoms with Gasteiger partial charge in [0.15, 0.2) is 5.12 Å². The molecule has 1 saturated carbocycles. The molecule has 0 amide bonds. The van der Waals surface area contributed by atoms with Crippen LogP contribution in [0.5, 0.6) is 0 Å². The molecular formula is C23H26O4S. The van der Waals surface area contributed by atoms with Crippen LogP contribution in [0.3, 0.4) is 0 Å². The number of thioether (sulfide) groups is 1. The third-order valence-electron chi connectivity index (χ3n) is 5.06. The average Bonchev–Trinajstić information content (AvgIpc) is 3.01. The summed E-state index contributed by atoms with van der Waals surface area (Å²) in [6, 6.07) is 13.8. The van der Waals surface area contributed by atoms with Gasteiger partial charge in [-0.25, -0.2) is 0 Å². The van der Waals surface area contributed by atoms with E-state index >= 15 is 0 Å². The number of esters is 1. The molecule has 1 aliphatic carbocycles. The van der Waals surface area contributed by atoms with Crippen LogP contribution in [0.15, 0.2) is 47.4 Å². The summed E-state index contributed by atoms with van der Waals surface area (Å²) in [5.41, 5.74) is -1.82. The number of carbonyl (C=O) groups excluding carboxylic acids is 3. The normalized spacial score (nSPS) is 19.8. The molecule has 1 fully saturated rings. The monoisotopic (exact) mass is 398 g/mol. The molecule has 2 aromatic rings. The van der Waals surface area contributed by atoms with E-state index in [0.717, 1.165) is 15.7 Å². The molecule has 5 heteroatoms. The summed E-state index contributed by atoms with van der Waals surface area (Å²) in [6.45, 7) is 5.37. The number of ether oxygens (including phenoxy) is 1. The Morgan fingerprint density at radius 1 is 1.11 bits per heavy atom. The van der Waals surface area contributed by atoms with Gasteiger partial charge in [0.25, 0.3) is 0 Å². The summed E-state index contributed by atoms with van der Waals surface area (Å²) in [5.74, 6) is -0.574. The topological polar surface area (TPSA) is 60.4 Å². The van der Waals surface area contributed by atoms with Crippen molar-refractivity contribution < 1.29 is 19.1 Å².